The second-order valence-corrected chi connectivity index (χ2v) is 6.22. The van der Waals surface area contributed by atoms with Gasteiger partial charge in [-0.05, 0) is 12.0 Å². The molecule has 1 saturated heterocycles. The lowest BCUT2D eigenvalue weighted by Crippen LogP contribution is -2.37. The van der Waals surface area contributed by atoms with E-state index in [1.807, 2.05) is 30.3 Å². The monoisotopic (exact) mass is 362 g/mol. The number of hydrogen-bond acceptors (Lipinski definition) is 7. The van der Waals surface area contributed by atoms with Crippen molar-refractivity contribution >= 4 is 11.7 Å². The second kappa shape index (κ2) is 7.94. The summed E-state index contributed by atoms with van der Waals surface area (Å²) < 4.78 is 6.82. The minimum Gasteiger partial charge on any atom is -0.394 e. The first-order chi connectivity index (χ1) is 12.5. The molecule has 0 unspecified atom stereocenters. The van der Waals surface area contributed by atoms with Crippen LogP contribution in [0.5, 0.6) is 0 Å². The van der Waals surface area contributed by atoms with Crippen molar-refractivity contribution in [3.63, 3.8) is 0 Å². The Morgan fingerprint density at radius 1 is 1.31 bits per heavy atom. The summed E-state index contributed by atoms with van der Waals surface area (Å²) in [7, 11) is 0. The van der Waals surface area contributed by atoms with Gasteiger partial charge in [0.15, 0.2) is 12.0 Å². The van der Waals surface area contributed by atoms with Crippen LogP contribution in [0.2, 0.25) is 0 Å². The van der Waals surface area contributed by atoms with Gasteiger partial charge in [-0.1, -0.05) is 30.3 Å². The van der Waals surface area contributed by atoms with Crippen molar-refractivity contribution in [2.24, 2.45) is 5.73 Å². The summed E-state index contributed by atoms with van der Waals surface area (Å²) in [6.45, 7) is -0.415. The lowest BCUT2D eigenvalue weighted by molar-refractivity contribution is -0.117. The van der Waals surface area contributed by atoms with Gasteiger partial charge in [-0.15, -0.1) is 0 Å². The molecular formula is C17H22N4O5. The van der Waals surface area contributed by atoms with Crippen LogP contribution in [0.15, 0.2) is 42.9 Å². The SMILES string of the molecule is N[C@@H](Cc1ccccc1)C(=O)Nc1cn([C@@H]2O[C@H](CO)[C@@H](O)[C@H]2O)cn1. The van der Waals surface area contributed by atoms with Crippen molar-refractivity contribution in [3.05, 3.63) is 48.4 Å². The summed E-state index contributed by atoms with van der Waals surface area (Å²) in [5.41, 5.74) is 6.88. The van der Waals surface area contributed by atoms with E-state index in [9.17, 15) is 15.0 Å². The Bertz CT molecular complexity index is 738. The van der Waals surface area contributed by atoms with Gasteiger partial charge in [0.25, 0.3) is 0 Å². The van der Waals surface area contributed by atoms with Crippen LogP contribution < -0.4 is 11.1 Å². The Hall–Kier alpha value is -2.30. The Labute approximate surface area is 150 Å². The van der Waals surface area contributed by atoms with E-state index in [1.165, 1.54) is 17.1 Å². The van der Waals surface area contributed by atoms with Gasteiger partial charge in [0.05, 0.1) is 25.2 Å². The third-order valence-electron chi connectivity index (χ3n) is 4.30. The molecule has 0 bridgehead atoms. The fourth-order valence-corrected chi connectivity index (χ4v) is 2.85. The lowest BCUT2D eigenvalue weighted by atomic mass is 10.1. The third-order valence-corrected chi connectivity index (χ3v) is 4.30. The number of amides is 1. The number of carbonyl (C=O) groups excluding carboxylic acids is 1. The Balaban J connectivity index is 1.60. The summed E-state index contributed by atoms with van der Waals surface area (Å²) in [5, 5.41) is 31.6. The van der Waals surface area contributed by atoms with Crippen molar-refractivity contribution in [2.75, 3.05) is 11.9 Å². The average molecular weight is 362 g/mol. The number of nitrogens with one attached hydrogen (secondary N) is 1. The predicted octanol–water partition coefficient (Wildman–Crippen LogP) is -0.997. The maximum Gasteiger partial charge on any atom is 0.242 e. The molecule has 1 aliphatic heterocycles. The molecule has 3 rings (SSSR count). The number of anilines is 1. The van der Waals surface area contributed by atoms with Gasteiger partial charge in [-0.2, -0.15) is 0 Å². The summed E-state index contributed by atoms with van der Waals surface area (Å²) in [6.07, 6.45) is -0.989. The molecule has 0 radical (unpaired) electrons. The Kier molecular flexibility index (Phi) is 5.64. The predicted molar refractivity (Wildman–Crippen MR) is 92.0 cm³/mol. The number of nitrogens with two attached hydrogens (primary N) is 1. The molecule has 0 saturated carbocycles. The van der Waals surface area contributed by atoms with Gasteiger partial charge in [0.2, 0.25) is 5.91 Å². The summed E-state index contributed by atoms with van der Waals surface area (Å²) in [5.74, 6) is -0.142. The first-order valence-electron chi connectivity index (χ1n) is 8.26. The van der Waals surface area contributed by atoms with Crippen molar-refractivity contribution in [3.8, 4) is 0 Å². The van der Waals surface area contributed by atoms with Crippen LogP contribution in [-0.2, 0) is 16.0 Å². The van der Waals surface area contributed by atoms with Gasteiger partial charge in [0.1, 0.15) is 18.3 Å². The number of aliphatic hydroxyl groups is 3. The molecule has 2 heterocycles. The molecular weight excluding hydrogens is 340 g/mol. The topological polar surface area (TPSA) is 143 Å². The van der Waals surface area contributed by atoms with Gasteiger partial charge in [0, 0.05) is 0 Å². The first-order valence-corrected chi connectivity index (χ1v) is 8.26. The summed E-state index contributed by atoms with van der Waals surface area (Å²) in [6, 6.07) is 8.69. The van der Waals surface area contributed by atoms with E-state index in [0.717, 1.165) is 5.56 Å². The van der Waals surface area contributed by atoms with Crippen LogP contribution >= 0.6 is 0 Å². The number of rotatable bonds is 6. The van der Waals surface area contributed by atoms with Crippen molar-refractivity contribution in [2.45, 2.75) is 37.0 Å². The number of aromatic nitrogens is 2. The van der Waals surface area contributed by atoms with Gasteiger partial charge in [-0.3, -0.25) is 4.79 Å². The zero-order valence-corrected chi connectivity index (χ0v) is 14.0. The lowest BCUT2D eigenvalue weighted by Gasteiger charge is -2.15. The standard InChI is InChI=1S/C17H22N4O5/c18-11(6-10-4-2-1-3-5-10)16(25)20-13-7-21(9-19-13)17-15(24)14(23)12(8-22)26-17/h1-5,7,9,11-12,14-15,17,22-24H,6,8,18H2,(H,20,25)/t11-,12+,14+,15+,17+/m0/s1. The molecule has 6 N–H and O–H groups in total. The van der Waals surface area contributed by atoms with Crippen molar-refractivity contribution < 1.29 is 24.9 Å². The number of imidazole rings is 1. The molecule has 9 nitrogen and oxygen atoms in total. The highest BCUT2D eigenvalue weighted by molar-refractivity contribution is 5.93. The van der Waals surface area contributed by atoms with Crippen LogP contribution in [0, 0.1) is 0 Å². The molecule has 0 spiro atoms. The average Bonchev–Trinajstić information content (AvgIpc) is 3.21. The molecule has 5 atom stereocenters. The molecule has 2 aromatic rings. The van der Waals surface area contributed by atoms with Gasteiger partial charge >= 0.3 is 0 Å². The highest BCUT2D eigenvalue weighted by atomic mass is 16.6. The normalized spacial score (nSPS) is 26.6. The largest absolute Gasteiger partial charge is 0.394 e. The zero-order valence-electron chi connectivity index (χ0n) is 14.0. The Morgan fingerprint density at radius 3 is 2.69 bits per heavy atom. The van der Waals surface area contributed by atoms with E-state index in [4.69, 9.17) is 15.6 Å². The summed E-state index contributed by atoms with van der Waals surface area (Å²) in [4.78, 5) is 16.3. The quantitative estimate of drug-likeness (QED) is 0.444. The minimum atomic E-state index is -1.22. The molecule has 1 aliphatic rings. The van der Waals surface area contributed by atoms with Crippen molar-refractivity contribution in [1.29, 1.82) is 0 Å². The number of benzene rings is 1. The van der Waals surface area contributed by atoms with Crippen molar-refractivity contribution in [1.82, 2.24) is 9.55 Å². The smallest absolute Gasteiger partial charge is 0.242 e. The van der Waals surface area contributed by atoms with E-state index in [2.05, 4.69) is 10.3 Å². The van der Waals surface area contributed by atoms with E-state index in [1.54, 1.807) is 0 Å². The summed E-state index contributed by atoms with van der Waals surface area (Å²) >= 11 is 0. The molecule has 1 fully saturated rings. The van der Waals surface area contributed by atoms with E-state index in [0.29, 0.717) is 6.42 Å². The van der Waals surface area contributed by atoms with Crippen LogP contribution in [0.1, 0.15) is 11.8 Å². The Morgan fingerprint density at radius 2 is 2.04 bits per heavy atom. The number of carbonyl (C=O) groups is 1. The van der Waals surface area contributed by atoms with E-state index in [-0.39, 0.29) is 11.7 Å². The maximum absolute atomic E-state index is 12.2. The maximum atomic E-state index is 12.2. The van der Waals surface area contributed by atoms with Gasteiger partial charge < -0.3 is 35.7 Å². The minimum absolute atomic E-state index is 0.247. The number of hydrogen-bond donors (Lipinski definition) is 5. The number of nitrogens with zero attached hydrogens (tertiary/aromatic N) is 2. The number of ether oxygens (including phenoxy) is 1. The zero-order chi connectivity index (χ0) is 18.7. The second-order valence-electron chi connectivity index (χ2n) is 6.22. The van der Waals surface area contributed by atoms with Crippen LogP contribution in [-0.4, -0.2) is 61.7 Å². The van der Waals surface area contributed by atoms with Gasteiger partial charge in [-0.25, -0.2) is 4.98 Å². The highest BCUT2D eigenvalue weighted by Gasteiger charge is 2.43. The molecule has 26 heavy (non-hydrogen) atoms. The fourth-order valence-electron chi connectivity index (χ4n) is 2.85. The fraction of sp³-hybridized carbons (Fsp3) is 0.412. The van der Waals surface area contributed by atoms with Crippen LogP contribution in [0.3, 0.4) is 0 Å². The van der Waals surface area contributed by atoms with E-state index >= 15 is 0 Å². The molecule has 9 heteroatoms. The van der Waals surface area contributed by atoms with E-state index < -0.39 is 37.2 Å². The number of aliphatic hydroxyl groups excluding tert-OH is 3. The first kappa shape index (κ1) is 18.5. The molecule has 1 aromatic heterocycles. The molecule has 0 aliphatic carbocycles. The van der Waals surface area contributed by atoms with Crippen LogP contribution in [0.4, 0.5) is 5.82 Å². The molecule has 1 amide bonds. The highest BCUT2D eigenvalue weighted by Crippen LogP contribution is 2.29. The third kappa shape index (κ3) is 3.92. The molecule has 1 aromatic carbocycles. The van der Waals surface area contributed by atoms with Crippen LogP contribution in [0.25, 0.3) is 0 Å². The molecule has 140 valence electrons.